The van der Waals surface area contributed by atoms with Crippen molar-refractivity contribution in [1.29, 1.82) is 0 Å². The van der Waals surface area contributed by atoms with E-state index in [4.69, 9.17) is 11.6 Å². The Bertz CT molecular complexity index is 491. The van der Waals surface area contributed by atoms with Gasteiger partial charge < -0.3 is 4.98 Å². The Morgan fingerprint density at radius 3 is 2.50 bits per heavy atom. The molecular weight excluding hydrogens is 240 g/mol. The van der Waals surface area contributed by atoms with Gasteiger partial charge in [0.05, 0.1) is 0 Å². The lowest BCUT2D eigenvalue weighted by Crippen LogP contribution is -2.43. The summed E-state index contributed by atoms with van der Waals surface area (Å²) >= 11 is 5.16. The minimum Gasteiger partial charge on any atom is -0.303 e. The average molecular weight is 247 g/mol. The average Bonchev–Trinajstić information content (AvgIpc) is 2.23. The lowest BCUT2D eigenvalue weighted by Gasteiger charge is -2.04. The monoisotopic (exact) mass is 246 g/mol. The molecule has 0 aromatic carbocycles. The molecule has 0 fully saturated rings. The van der Waals surface area contributed by atoms with Gasteiger partial charge in [-0.3, -0.25) is 30.2 Å². The molecule has 0 spiro atoms. The highest BCUT2D eigenvalue weighted by Gasteiger charge is 2.08. The second kappa shape index (κ2) is 5.12. The zero-order valence-electron chi connectivity index (χ0n) is 7.80. The summed E-state index contributed by atoms with van der Waals surface area (Å²) in [5.41, 5.74) is 2.11. The number of rotatable bonds is 2. The first-order valence-electron chi connectivity index (χ1n) is 4.01. The first-order valence-corrected chi connectivity index (χ1v) is 4.55. The van der Waals surface area contributed by atoms with Crippen molar-refractivity contribution in [3.63, 3.8) is 0 Å². The Balaban J connectivity index is 2.77. The molecule has 0 aliphatic carbocycles. The van der Waals surface area contributed by atoms with Crippen LogP contribution in [-0.2, 0) is 4.79 Å². The summed E-state index contributed by atoms with van der Waals surface area (Å²) in [6.07, 6.45) is 0. The Labute approximate surface area is 93.0 Å². The third-order valence-corrected chi connectivity index (χ3v) is 1.68. The van der Waals surface area contributed by atoms with Crippen LogP contribution in [0.1, 0.15) is 10.5 Å². The van der Waals surface area contributed by atoms with Crippen molar-refractivity contribution in [2.24, 2.45) is 0 Å². The van der Waals surface area contributed by atoms with Gasteiger partial charge in [0.2, 0.25) is 0 Å². The van der Waals surface area contributed by atoms with Crippen molar-refractivity contribution in [3.05, 3.63) is 32.6 Å². The first-order chi connectivity index (χ1) is 7.52. The maximum atomic E-state index is 11.3. The van der Waals surface area contributed by atoms with Crippen LogP contribution in [0.3, 0.4) is 0 Å². The van der Waals surface area contributed by atoms with E-state index in [1.54, 1.807) is 0 Å². The second-order valence-corrected chi connectivity index (χ2v) is 2.90. The number of H-pyrrole nitrogens is 2. The Kier molecular flexibility index (Phi) is 3.84. The van der Waals surface area contributed by atoms with Crippen molar-refractivity contribution >= 4 is 23.4 Å². The van der Waals surface area contributed by atoms with E-state index >= 15 is 0 Å². The molecule has 1 aromatic heterocycles. The third kappa shape index (κ3) is 3.24. The van der Waals surface area contributed by atoms with Crippen LogP contribution in [0.2, 0.25) is 0 Å². The third-order valence-electron chi connectivity index (χ3n) is 1.44. The van der Waals surface area contributed by atoms with E-state index in [1.807, 2.05) is 15.8 Å². The summed E-state index contributed by atoms with van der Waals surface area (Å²) < 4.78 is 0. The molecule has 0 aliphatic rings. The number of alkyl halides is 1. The summed E-state index contributed by atoms with van der Waals surface area (Å²) in [5, 5.41) is 0. The molecule has 1 rings (SSSR count). The van der Waals surface area contributed by atoms with E-state index in [0.717, 1.165) is 6.07 Å². The molecule has 1 aromatic rings. The van der Waals surface area contributed by atoms with Crippen LogP contribution in [0.15, 0.2) is 15.7 Å². The van der Waals surface area contributed by atoms with Gasteiger partial charge in [0, 0.05) is 6.07 Å². The van der Waals surface area contributed by atoms with Crippen molar-refractivity contribution < 1.29 is 9.59 Å². The Hall–Kier alpha value is -2.09. The minimum absolute atomic E-state index is 0.274. The summed E-state index contributed by atoms with van der Waals surface area (Å²) in [6, 6.07) is 0.879. The normalized spacial score (nSPS) is 9.56. The number of hydrogen-bond donors (Lipinski definition) is 4. The number of aromatic amines is 2. The standard InChI is InChI=1S/C7H7ClN4O4/c8-2-5(14)11-12-6(15)3-1-4(13)10-7(16)9-3/h1H,2H2,(H,11,14)(H,12,15)(H2,9,10,13,16). The highest BCUT2D eigenvalue weighted by atomic mass is 35.5. The van der Waals surface area contributed by atoms with Gasteiger partial charge in [-0.1, -0.05) is 0 Å². The molecule has 16 heavy (non-hydrogen) atoms. The number of carbonyl (C=O) groups is 2. The van der Waals surface area contributed by atoms with Crippen LogP contribution in [-0.4, -0.2) is 27.7 Å². The SMILES string of the molecule is O=C(CCl)NNC(=O)c1cc(=O)[nH]c(=O)[nH]1. The van der Waals surface area contributed by atoms with Gasteiger partial charge in [-0.25, -0.2) is 4.79 Å². The number of nitrogens with one attached hydrogen (secondary N) is 4. The predicted octanol–water partition coefficient (Wildman–Crippen LogP) is -1.94. The van der Waals surface area contributed by atoms with Crippen LogP contribution in [0.25, 0.3) is 0 Å². The van der Waals surface area contributed by atoms with Gasteiger partial charge in [-0.15, -0.1) is 11.6 Å². The maximum absolute atomic E-state index is 11.3. The summed E-state index contributed by atoms with van der Waals surface area (Å²) in [7, 11) is 0. The van der Waals surface area contributed by atoms with Crippen LogP contribution in [0, 0.1) is 0 Å². The number of carbonyl (C=O) groups excluding carboxylic acids is 2. The fraction of sp³-hybridized carbons (Fsp3) is 0.143. The van der Waals surface area contributed by atoms with Crippen LogP contribution in [0.5, 0.6) is 0 Å². The van der Waals surface area contributed by atoms with Gasteiger partial charge >= 0.3 is 5.69 Å². The van der Waals surface area contributed by atoms with E-state index in [2.05, 4.69) is 4.98 Å². The van der Waals surface area contributed by atoms with Gasteiger partial charge in [0.1, 0.15) is 11.6 Å². The lowest BCUT2D eigenvalue weighted by molar-refractivity contribution is -0.119. The molecule has 8 nitrogen and oxygen atoms in total. The molecule has 0 aliphatic heterocycles. The number of hydrogen-bond acceptors (Lipinski definition) is 4. The molecular formula is C7H7ClN4O4. The summed E-state index contributed by atoms with van der Waals surface area (Å²) in [6.45, 7) is 0. The minimum atomic E-state index is -0.832. The smallest absolute Gasteiger partial charge is 0.303 e. The quantitative estimate of drug-likeness (QED) is 0.358. The highest BCUT2D eigenvalue weighted by Crippen LogP contribution is 1.83. The number of amides is 2. The van der Waals surface area contributed by atoms with Gasteiger partial charge in [0.15, 0.2) is 0 Å². The molecule has 0 saturated heterocycles. The van der Waals surface area contributed by atoms with Crippen molar-refractivity contribution in [3.8, 4) is 0 Å². The maximum Gasteiger partial charge on any atom is 0.326 e. The van der Waals surface area contributed by atoms with Crippen LogP contribution < -0.4 is 22.1 Å². The van der Waals surface area contributed by atoms with Crippen molar-refractivity contribution in [1.82, 2.24) is 20.8 Å². The number of halogens is 1. The molecule has 0 saturated carbocycles. The molecule has 9 heteroatoms. The largest absolute Gasteiger partial charge is 0.326 e. The van der Waals surface area contributed by atoms with Crippen LogP contribution in [0.4, 0.5) is 0 Å². The fourth-order valence-corrected chi connectivity index (χ4v) is 0.885. The molecule has 0 bridgehead atoms. The van der Waals surface area contributed by atoms with Gasteiger partial charge in [0.25, 0.3) is 17.4 Å². The number of aromatic nitrogens is 2. The molecule has 0 atom stereocenters. The molecule has 2 amide bonds. The van der Waals surface area contributed by atoms with E-state index in [-0.39, 0.29) is 11.6 Å². The van der Waals surface area contributed by atoms with Crippen LogP contribution >= 0.6 is 11.6 Å². The lowest BCUT2D eigenvalue weighted by atomic mass is 10.4. The van der Waals surface area contributed by atoms with E-state index in [9.17, 15) is 19.2 Å². The Morgan fingerprint density at radius 1 is 1.25 bits per heavy atom. The molecule has 0 radical (unpaired) electrons. The van der Waals surface area contributed by atoms with E-state index in [0.29, 0.717) is 0 Å². The predicted molar refractivity (Wildman–Crippen MR) is 54.0 cm³/mol. The van der Waals surface area contributed by atoms with Gasteiger partial charge in [-0.2, -0.15) is 0 Å². The molecule has 86 valence electrons. The summed E-state index contributed by atoms with van der Waals surface area (Å²) in [5.74, 6) is -1.78. The topological polar surface area (TPSA) is 124 Å². The molecule has 1 heterocycles. The Morgan fingerprint density at radius 2 is 1.94 bits per heavy atom. The fourth-order valence-electron chi connectivity index (χ4n) is 0.818. The van der Waals surface area contributed by atoms with Gasteiger partial charge in [-0.05, 0) is 0 Å². The first kappa shape index (κ1) is 12.0. The van der Waals surface area contributed by atoms with E-state index in [1.165, 1.54) is 0 Å². The van der Waals surface area contributed by atoms with Crippen molar-refractivity contribution in [2.75, 3.05) is 5.88 Å². The highest BCUT2D eigenvalue weighted by molar-refractivity contribution is 6.27. The number of hydrazine groups is 1. The zero-order valence-corrected chi connectivity index (χ0v) is 8.55. The molecule has 0 unspecified atom stereocenters. The van der Waals surface area contributed by atoms with E-state index < -0.39 is 23.1 Å². The van der Waals surface area contributed by atoms with Crippen molar-refractivity contribution in [2.45, 2.75) is 0 Å². The zero-order chi connectivity index (χ0) is 12.1. The summed E-state index contributed by atoms with van der Waals surface area (Å²) in [4.78, 5) is 47.6. The molecule has 4 N–H and O–H groups in total. The second-order valence-electron chi connectivity index (χ2n) is 2.64.